The molecule has 2 atom stereocenters. The summed E-state index contributed by atoms with van der Waals surface area (Å²) in [5, 5.41) is 15.6. The van der Waals surface area contributed by atoms with E-state index in [0.29, 0.717) is 11.8 Å². The SMILES string of the molecule is O=C(NC1C2CNCC21)c1cc(F)ccc1O. The minimum Gasteiger partial charge on any atom is -0.507 e. The highest BCUT2D eigenvalue weighted by atomic mass is 19.1. The van der Waals surface area contributed by atoms with Gasteiger partial charge in [-0.15, -0.1) is 0 Å². The Morgan fingerprint density at radius 1 is 1.41 bits per heavy atom. The third kappa shape index (κ3) is 1.76. The number of hydrogen-bond acceptors (Lipinski definition) is 3. The first kappa shape index (κ1) is 10.5. The zero-order valence-electron chi connectivity index (χ0n) is 9.11. The largest absolute Gasteiger partial charge is 0.507 e. The van der Waals surface area contributed by atoms with Crippen molar-refractivity contribution >= 4 is 5.91 Å². The Balaban J connectivity index is 1.72. The monoisotopic (exact) mass is 236 g/mol. The van der Waals surface area contributed by atoms with Crippen LogP contribution in [-0.2, 0) is 0 Å². The average Bonchev–Trinajstić information content (AvgIpc) is 2.76. The number of halogens is 1. The number of carbonyl (C=O) groups is 1. The topological polar surface area (TPSA) is 61.4 Å². The van der Waals surface area contributed by atoms with E-state index in [1.807, 2.05) is 0 Å². The maximum atomic E-state index is 13.0. The van der Waals surface area contributed by atoms with E-state index in [9.17, 15) is 14.3 Å². The highest BCUT2D eigenvalue weighted by Crippen LogP contribution is 2.41. The lowest BCUT2D eigenvalue weighted by molar-refractivity contribution is 0.0943. The van der Waals surface area contributed by atoms with E-state index in [-0.39, 0.29) is 17.4 Å². The van der Waals surface area contributed by atoms with Crippen LogP contribution in [-0.4, -0.2) is 30.1 Å². The van der Waals surface area contributed by atoms with Crippen LogP contribution in [0.4, 0.5) is 4.39 Å². The number of phenolic OH excluding ortho intramolecular Hbond substituents is 1. The van der Waals surface area contributed by atoms with Crippen molar-refractivity contribution in [3.63, 3.8) is 0 Å². The van der Waals surface area contributed by atoms with Crippen LogP contribution in [0.5, 0.6) is 5.75 Å². The zero-order chi connectivity index (χ0) is 12.0. The molecule has 0 spiro atoms. The first-order valence-electron chi connectivity index (χ1n) is 5.67. The van der Waals surface area contributed by atoms with Crippen LogP contribution >= 0.6 is 0 Å². The number of hydrogen-bond donors (Lipinski definition) is 3. The van der Waals surface area contributed by atoms with Gasteiger partial charge in [0, 0.05) is 19.1 Å². The molecule has 3 N–H and O–H groups in total. The molecule has 0 radical (unpaired) electrons. The van der Waals surface area contributed by atoms with Gasteiger partial charge in [-0.1, -0.05) is 0 Å². The van der Waals surface area contributed by atoms with Crippen LogP contribution in [0.3, 0.4) is 0 Å². The lowest BCUT2D eigenvalue weighted by atomic mass is 10.2. The Morgan fingerprint density at radius 3 is 2.82 bits per heavy atom. The summed E-state index contributed by atoms with van der Waals surface area (Å²) in [5.41, 5.74) is 0.00272. The second kappa shape index (κ2) is 3.70. The van der Waals surface area contributed by atoms with Crippen molar-refractivity contribution in [2.75, 3.05) is 13.1 Å². The molecule has 4 nitrogen and oxygen atoms in total. The minimum absolute atomic E-state index is 0.00272. The Kier molecular flexibility index (Phi) is 2.29. The van der Waals surface area contributed by atoms with E-state index in [1.54, 1.807) is 0 Å². The van der Waals surface area contributed by atoms with Crippen molar-refractivity contribution in [2.24, 2.45) is 11.8 Å². The smallest absolute Gasteiger partial charge is 0.255 e. The number of piperidine rings is 1. The Bertz CT molecular complexity index is 468. The van der Waals surface area contributed by atoms with E-state index in [0.717, 1.165) is 25.2 Å². The molecule has 2 fully saturated rings. The van der Waals surface area contributed by atoms with Crippen LogP contribution < -0.4 is 10.6 Å². The van der Waals surface area contributed by atoms with Crippen LogP contribution in [0.2, 0.25) is 0 Å². The molecule has 90 valence electrons. The standard InChI is InChI=1S/C12H13FN2O2/c13-6-1-2-10(16)7(3-6)12(17)15-11-8-4-14-5-9(8)11/h1-3,8-9,11,14,16H,4-5H2,(H,15,17). The summed E-state index contributed by atoms with van der Waals surface area (Å²) in [6.07, 6.45) is 0. The maximum absolute atomic E-state index is 13.0. The number of fused-ring (bicyclic) bond motifs is 1. The van der Waals surface area contributed by atoms with Crippen molar-refractivity contribution in [1.29, 1.82) is 0 Å². The van der Waals surface area contributed by atoms with Gasteiger partial charge in [0.2, 0.25) is 0 Å². The third-order valence-electron chi connectivity index (χ3n) is 3.59. The molecular weight excluding hydrogens is 223 g/mol. The molecule has 0 aromatic heterocycles. The molecule has 2 aliphatic rings. The number of benzene rings is 1. The first-order chi connectivity index (χ1) is 8.16. The molecule has 1 saturated carbocycles. The van der Waals surface area contributed by atoms with Crippen molar-refractivity contribution in [3.05, 3.63) is 29.6 Å². The van der Waals surface area contributed by atoms with Crippen LogP contribution in [0.25, 0.3) is 0 Å². The first-order valence-corrected chi connectivity index (χ1v) is 5.67. The molecule has 0 bridgehead atoms. The van der Waals surface area contributed by atoms with Crippen LogP contribution in [0, 0.1) is 17.7 Å². The van der Waals surface area contributed by atoms with Gasteiger partial charge in [-0.25, -0.2) is 4.39 Å². The maximum Gasteiger partial charge on any atom is 0.255 e. The van der Waals surface area contributed by atoms with Crippen molar-refractivity contribution < 1.29 is 14.3 Å². The molecule has 1 aliphatic carbocycles. The fraction of sp³-hybridized carbons (Fsp3) is 0.417. The van der Waals surface area contributed by atoms with Gasteiger partial charge >= 0.3 is 0 Å². The van der Waals surface area contributed by atoms with Gasteiger partial charge in [-0.2, -0.15) is 0 Å². The normalized spacial score (nSPS) is 29.8. The van der Waals surface area contributed by atoms with Gasteiger partial charge in [-0.3, -0.25) is 4.79 Å². The van der Waals surface area contributed by atoms with Gasteiger partial charge in [0.15, 0.2) is 0 Å². The average molecular weight is 236 g/mol. The quantitative estimate of drug-likeness (QED) is 0.700. The highest BCUT2D eigenvalue weighted by Gasteiger charge is 2.53. The predicted octanol–water partition coefficient (Wildman–Crippen LogP) is 0.479. The van der Waals surface area contributed by atoms with Crippen molar-refractivity contribution in [1.82, 2.24) is 10.6 Å². The van der Waals surface area contributed by atoms with E-state index in [4.69, 9.17) is 0 Å². The fourth-order valence-electron chi connectivity index (χ4n) is 2.55. The molecule has 3 rings (SSSR count). The van der Waals surface area contributed by atoms with Crippen LogP contribution in [0.15, 0.2) is 18.2 Å². The number of amides is 1. The Hall–Kier alpha value is -1.62. The third-order valence-corrected chi connectivity index (χ3v) is 3.59. The molecule has 1 heterocycles. The summed E-state index contributed by atoms with van der Waals surface area (Å²) < 4.78 is 13.0. The summed E-state index contributed by atoms with van der Waals surface area (Å²) in [6.45, 7) is 1.84. The molecule has 1 saturated heterocycles. The second-order valence-corrected chi connectivity index (χ2v) is 4.65. The van der Waals surface area contributed by atoms with Crippen molar-refractivity contribution in [2.45, 2.75) is 6.04 Å². The summed E-state index contributed by atoms with van der Waals surface area (Å²) >= 11 is 0. The number of phenols is 1. The van der Waals surface area contributed by atoms with E-state index >= 15 is 0 Å². The second-order valence-electron chi connectivity index (χ2n) is 4.65. The molecule has 1 aliphatic heterocycles. The minimum atomic E-state index is -0.523. The van der Waals surface area contributed by atoms with Gasteiger partial charge < -0.3 is 15.7 Å². The predicted molar refractivity (Wildman–Crippen MR) is 59.2 cm³/mol. The van der Waals surface area contributed by atoms with Gasteiger partial charge in [-0.05, 0) is 30.0 Å². The zero-order valence-corrected chi connectivity index (χ0v) is 9.11. The van der Waals surface area contributed by atoms with Gasteiger partial charge in [0.05, 0.1) is 5.56 Å². The number of aromatic hydroxyl groups is 1. The van der Waals surface area contributed by atoms with E-state index in [1.165, 1.54) is 6.07 Å². The number of nitrogens with one attached hydrogen (secondary N) is 2. The van der Waals surface area contributed by atoms with E-state index in [2.05, 4.69) is 10.6 Å². The molecule has 2 unspecified atom stereocenters. The summed E-state index contributed by atoms with van der Waals surface area (Å²) in [5.74, 6) is -0.121. The number of rotatable bonds is 2. The fourth-order valence-corrected chi connectivity index (χ4v) is 2.55. The highest BCUT2D eigenvalue weighted by molar-refractivity contribution is 5.97. The molecule has 17 heavy (non-hydrogen) atoms. The van der Waals surface area contributed by atoms with Crippen molar-refractivity contribution in [3.8, 4) is 5.75 Å². The number of carbonyl (C=O) groups excluding carboxylic acids is 1. The van der Waals surface area contributed by atoms with Gasteiger partial charge in [0.1, 0.15) is 11.6 Å². The Morgan fingerprint density at radius 2 is 2.12 bits per heavy atom. The lowest BCUT2D eigenvalue weighted by Crippen LogP contribution is -2.32. The molecule has 1 aromatic rings. The summed E-state index contributed by atoms with van der Waals surface area (Å²) in [4.78, 5) is 11.8. The van der Waals surface area contributed by atoms with Gasteiger partial charge in [0.25, 0.3) is 5.91 Å². The molecule has 1 aromatic carbocycles. The van der Waals surface area contributed by atoms with E-state index < -0.39 is 11.7 Å². The Labute approximate surface area is 97.8 Å². The molecule has 1 amide bonds. The molecule has 5 heteroatoms. The molecular formula is C12H13FN2O2. The lowest BCUT2D eigenvalue weighted by Gasteiger charge is -2.08. The summed E-state index contributed by atoms with van der Waals surface area (Å²) in [6, 6.07) is 3.55. The summed E-state index contributed by atoms with van der Waals surface area (Å²) in [7, 11) is 0. The van der Waals surface area contributed by atoms with Crippen LogP contribution in [0.1, 0.15) is 10.4 Å².